The Hall–Kier alpha value is -1.81. The first-order valence-electron chi connectivity index (χ1n) is 5.79. The largest absolute Gasteiger partial charge is 0.378 e. The van der Waals surface area contributed by atoms with E-state index in [0.29, 0.717) is 0 Å². The summed E-state index contributed by atoms with van der Waals surface area (Å²) in [5.74, 6) is 0. The lowest BCUT2D eigenvalue weighted by atomic mass is 10.1. The summed E-state index contributed by atoms with van der Waals surface area (Å²) in [5.41, 5.74) is 1.85. The summed E-state index contributed by atoms with van der Waals surface area (Å²) in [5, 5.41) is 1.09. The number of nitrogens with one attached hydrogen (secondary N) is 1. The molecule has 4 nitrogen and oxygen atoms in total. The van der Waals surface area contributed by atoms with Crippen LogP contribution in [0.15, 0.2) is 35.1 Å². The van der Waals surface area contributed by atoms with Gasteiger partial charge in [0.15, 0.2) is 0 Å². The Kier molecular flexibility index (Phi) is 2.57. The van der Waals surface area contributed by atoms with Crippen LogP contribution in [0.1, 0.15) is 0 Å². The number of pyridine rings is 1. The number of aromatic amines is 1. The van der Waals surface area contributed by atoms with E-state index in [2.05, 4.69) is 9.88 Å². The van der Waals surface area contributed by atoms with Crippen molar-refractivity contribution in [3.8, 4) is 0 Å². The lowest BCUT2D eigenvalue weighted by Crippen LogP contribution is -2.36. The van der Waals surface area contributed by atoms with E-state index in [-0.39, 0.29) is 5.56 Å². The van der Waals surface area contributed by atoms with Crippen molar-refractivity contribution in [2.75, 3.05) is 31.2 Å². The van der Waals surface area contributed by atoms with E-state index in [9.17, 15) is 4.79 Å². The molecule has 1 aromatic heterocycles. The second-order valence-electron chi connectivity index (χ2n) is 4.16. The molecule has 0 spiro atoms. The smallest absolute Gasteiger partial charge is 0.250 e. The van der Waals surface area contributed by atoms with Gasteiger partial charge >= 0.3 is 0 Å². The summed E-state index contributed by atoms with van der Waals surface area (Å²) in [4.78, 5) is 16.7. The van der Waals surface area contributed by atoms with Crippen molar-refractivity contribution in [1.29, 1.82) is 0 Å². The SMILES string of the molecule is O=c1cc(N2CCOCC2)c2ccccc2[nH]1. The Bertz CT molecular complexity index is 585. The van der Waals surface area contributed by atoms with Crippen molar-refractivity contribution in [3.63, 3.8) is 0 Å². The molecule has 3 rings (SSSR count). The summed E-state index contributed by atoms with van der Waals surface area (Å²) in [6.45, 7) is 3.13. The van der Waals surface area contributed by atoms with Gasteiger partial charge in [-0.1, -0.05) is 18.2 Å². The highest BCUT2D eigenvalue weighted by atomic mass is 16.5. The Morgan fingerprint density at radius 3 is 2.76 bits per heavy atom. The number of fused-ring (bicyclic) bond motifs is 1. The van der Waals surface area contributed by atoms with Crippen molar-refractivity contribution in [1.82, 2.24) is 4.98 Å². The molecule has 1 aromatic carbocycles. The second kappa shape index (κ2) is 4.22. The first-order chi connectivity index (χ1) is 8.34. The number of ether oxygens (including phenoxy) is 1. The van der Waals surface area contributed by atoms with Gasteiger partial charge in [-0.2, -0.15) is 0 Å². The van der Waals surface area contributed by atoms with Crippen LogP contribution in [-0.2, 0) is 4.74 Å². The van der Waals surface area contributed by atoms with Crippen LogP contribution in [-0.4, -0.2) is 31.3 Å². The predicted octanol–water partition coefficient (Wildman–Crippen LogP) is 1.36. The van der Waals surface area contributed by atoms with Gasteiger partial charge in [0.2, 0.25) is 5.56 Å². The Morgan fingerprint density at radius 1 is 1.18 bits per heavy atom. The van der Waals surface area contributed by atoms with E-state index < -0.39 is 0 Å². The molecule has 1 fully saturated rings. The van der Waals surface area contributed by atoms with E-state index in [0.717, 1.165) is 42.9 Å². The topological polar surface area (TPSA) is 45.3 Å². The second-order valence-corrected chi connectivity index (χ2v) is 4.16. The number of aromatic nitrogens is 1. The van der Waals surface area contributed by atoms with E-state index >= 15 is 0 Å². The van der Waals surface area contributed by atoms with Gasteiger partial charge in [-0.05, 0) is 6.07 Å². The quantitative estimate of drug-likeness (QED) is 0.804. The van der Waals surface area contributed by atoms with Crippen molar-refractivity contribution in [3.05, 3.63) is 40.7 Å². The minimum atomic E-state index is -0.0507. The molecule has 1 saturated heterocycles. The van der Waals surface area contributed by atoms with Crippen LogP contribution in [0.4, 0.5) is 5.69 Å². The fraction of sp³-hybridized carbons (Fsp3) is 0.308. The van der Waals surface area contributed by atoms with Crippen LogP contribution < -0.4 is 10.5 Å². The third-order valence-corrected chi connectivity index (χ3v) is 3.08. The highest BCUT2D eigenvalue weighted by molar-refractivity contribution is 5.91. The molecule has 0 amide bonds. The first kappa shape index (κ1) is 10.4. The van der Waals surface area contributed by atoms with Gasteiger partial charge in [-0.15, -0.1) is 0 Å². The molecule has 0 aliphatic carbocycles. The van der Waals surface area contributed by atoms with Crippen molar-refractivity contribution < 1.29 is 4.74 Å². The summed E-state index contributed by atoms with van der Waals surface area (Å²) >= 11 is 0. The molecular weight excluding hydrogens is 216 g/mol. The summed E-state index contributed by atoms with van der Waals surface area (Å²) in [6, 6.07) is 9.57. The van der Waals surface area contributed by atoms with Crippen LogP contribution >= 0.6 is 0 Å². The zero-order valence-electron chi connectivity index (χ0n) is 9.48. The summed E-state index contributed by atoms with van der Waals surface area (Å²) in [6.07, 6.45) is 0. The van der Waals surface area contributed by atoms with Crippen LogP contribution in [0.25, 0.3) is 10.9 Å². The predicted molar refractivity (Wildman–Crippen MR) is 67.6 cm³/mol. The van der Waals surface area contributed by atoms with Gasteiger partial charge in [-0.3, -0.25) is 4.79 Å². The standard InChI is InChI=1S/C13H14N2O2/c16-13-9-12(15-5-7-17-8-6-15)10-3-1-2-4-11(10)14-13/h1-4,9H,5-8H2,(H,14,16). The number of benzene rings is 1. The fourth-order valence-corrected chi connectivity index (χ4v) is 2.25. The van der Waals surface area contributed by atoms with Crippen LogP contribution in [0.3, 0.4) is 0 Å². The molecule has 1 N–H and O–H groups in total. The Balaban J connectivity index is 2.16. The number of para-hydroxylation sites is 1. The van der Waals surface area contributed by atoms with Crippen molar-refractivity contribution in [2.45, 2.75) is 0 Å². The maximum atomic E-state index is 11.6. The minimum Gasteiger partial charge on any atom is -0.378 e. The highest BCUT2D eigenvalue weighted by Gasteiger charge is 2.14. The van der Waals surface area contributed by atoms with Gasteiger partial charge in [-0.25, -0.2) is 0 Å². The lowest BCUT2D eigenvalue weighted by Gasteiger charge is -2.29. The van der Waals surface area contributed by atoms with Crippen LogP contribution in [0, 0.1) is 0 Å². The van der Waals surface area contributed by atoms with Gasteiger partial charge < -0.3 is 14.6 Å². The van der Waals surface area contributed by atoms with Gasteiger partial charge in [0.25, 0.3) is 0 Å². The summed E-state index contributed by atoms with van der Waals surface area (Å²) in [7, 11) is 0. The molecule has 88 valence electrons. The molecule has 0 atom stereocenters. The van der Waals surface area contributed by atoms with E-state index in [4.69, 9.17) is 4.74 Å². The monoisotopic (exact) mass is 230 g/mol. The number of nitrogens with zero attached hydrogens (tertiary/aromatic N) is 1. The Labute approximate surface area is 98.8 Å². The molecule has 0 saturated carbocycles. The number of H-pyrrole nitrogens is 1. The van der Waals surface area contributed by atoms with Gasteiger partial charge in [0, 0.05) is 24.5 Å². The first-order valence-corrected chi connectivity index (χ1v) is 5.79. The van der Waals surface area contributed by atoms with Gasteiger partial charge in [0.1, 0.15) is 0 Å². The number of hydrogen-bond acceptors (Lipinski definition) is 3. The van der Waals surface area contributed by atoms with Crippen molar-refractivity contribution in [2.24, 2.45) is 0 Å². The normalized spacial score (nSPS) is 16.4. The minimum absolute atomic E-state index is 0.0507. The molecule has 17 heavy (non-hydrogen) atoms. The fourth-order valence-electron chi connectivity index (χ4n) is 2.25. The molecule has 0 unspecified atom stereocenters. The number of morpholine rings is 1. The lowest BCUT2D eigenvalue weighted by molar-refractivity contribution is 0.123. The Morgan fingerprint density at radius 2 is 1.94 bits per heavy atom. The zero-order valence-corrected chi connectivity index (χ0v) is 9.48. The average Bonchev–Trinajstić information content (AvgIpc) is 2.39. The molecule has 4 heteroatoms. The maximum absolute atomic E-state index is 11.6. The van der Waals surface area contributed by atoms with E-state index in [1.807, 2.05) is 24.3 Å². The van der Waals surface area contributed by atoms with Crippen LogP contribution in [0.5, 0.6) is 0 Å². The zero-order chi connectivity index (χ0) is 11.7. The maximum Gasteiger partial charge on any atom is 0.250 e. The number of anilines is 1. The van der Waals surface area contributed by atoms with E-state index in [1.165, 1.54) is 0 Å². The van der Waals surface area contributed by atoms with E-state index in [1.54, 1.807) is 6.07 Å². The van der Waals surface area contributed by atoms with Gasteiger partial charge in [0.05, 0.1) is 24.4 Å². The molecule has 2 aromatic rings. The molecule has 1 aliphatic rings. The summed E-state index contributed by atoms with van der Waals surface area (Å²) < 4.78 is 5.34. The number of rotatable bonds is 1. The number of hydrogen-bond donors (Lipinski definition) is 1. The molecule has 2 heterocycles. The van der Waals surface area contributed by atoms with Crippen LogP contribution in [0.2, 0.25) is 0 Å². The third-order valence-electron chi connectivity index (χ3n) is 3.08. The highest BCUT2D eigenvalue weighted by Crippen LogP contribution is 2.24. The molecule has 0 radical (unpaired) electrons. The molecule has 0 bridgehead atoms. The molecular formula is C13H14N2O2. The molecule has 1 aliphatic heterocycles. The van der Waals surface area contributed by atoms with Crippen molar-refractivity contribution >= 4 is 16.6 Å². The average molecular weight is 230 g/mol. The third kappa shape index (κ3) is 1.91.